The van der Waals surface area contributed by atoms with Crippen molar-refractivity contribution in [1.29, 1.82) is 0 Å². The Balaban J connectivity index is 1.88. The molecule has 0 saturated heterocycles. The number of rotatable bonds is 8. The van der Waals surface area contributed by atoms with Gasteiger partial charge < -0.3 is 15.2 Å². The molecule has 6 heteroatoms. The summed E-state index contributed by atoms with van der Waals surface area (Å²) in [6, 6.07) is 13.9. The molecule has 0 aliphatic heterocycles. The predicted octanol–water partition coefficient (Wildman–Crippen LogP) is 3.74. The molecule has 0 spiro atoms. The van der Waals surface area contributed by atoms with Gasteiger partial charge in [0.15, 0.2) is 5.11 Å². The number of nitrogens with two attached hydrogens (primary N) is 1. The fourth-order valence-electron chi connectivity index (χ4n) is 2.41. The van der Waals surface area contributed by atoms with E-state index in [4.69, 9.17) is 27.4 Å². The highest BCUT2D eigenvalue weighted by atomic mass is 32.1. The Bertz CT molecular complexity index is 775. The van der Waals surface area contributed by atoms with Gasteiger partial charge in [0.1, 0.15) is 24.7 Å². The van der Waals surface area contributed by atoms with Gasteiger partial charge in [-0.3, -0.25) is 5.43 Å². The number of hydrogen-bond acceptors (Lipinski definition) is 4. The molecular weight excluding hydrogens is 346 g/mol. The lowest BCUT2D eigenvalue weighted by molar-refractivity contribution is 0.215. The first-order valence-corrected chi connectivity index (χ1v) is 8.91. The van der Waals surface area contributed by atoms with Crippen molar-refractivity contribution in [3.05, 3.63) is 59.2 Å². The maximum absolute atomic E-state index is 5.93. The number of benzene rings is 2. The van der Waals surface area contributed by atoms with Gasteiger partial charge in [-0.2, -0.15) is 5.10 Å². The van der Waals surface area contributed by atoms with Crippen LogP contribution in [0, 0.1) is 6.92 Å². The average Bonchev–Trinajstić information content (AvgIpc) is 2.58. The summed E-state index contributed by atoms with van der Waals surface area (Å²) in [6.45, 7) is 7.31. The minimum Gasteiger partial charge on any atom is -0.490 e. The second-order valence-corrected chi connectivity index (χ2v) is 6.64. The Labute approximate surface area is 160 Å². The summed E-state index contributed by atoms with van der Waals surface area (Å²) in [5.74, 6) is 2.09. The molecule has 0 bridgehead atoms. The van der Waals surface area contributed by atoms with Crippen LogP contribution in [0.3, 0.4) is 0 Å². The monoisotopic (exact) mass is 371 g/mol. The van der Waals surface area contributed by atoms with Gasteiger partial charge in [0, 0.05) is 0 Å². The molecule has 0 fully saturated rings. The first-order valence-electron chi connectivity index (χ1n) is 8.50. The number of nitrogens with zero attached hydrogens (tertiary/aromatic N) is 1. The third-order valence-corrected chi connectivity index (χ3v) is 3.74. The van der Waals surface area contributed by atoms with Crippen LogP contribution < -0.4 is 20.6 Å². The molecule has 26 heavy (non-hydrogen) atoms. The van der Waals surface area contributed by atoms with Crippen LogP contribution in [0.15, 0.2) is 47.6 Å². The highest BCUT2D eigenvalue weighted by Crippen LogP contribution is 2.27. The first-order chi connectivity index (χ1) is 12.5. The normalized spacial score (nSPS) is 10.9. The smallest absolute Gasteiger partial charge is 0.184 e. The van der Waals surface area contributed by atoms with Crippen molar-refractivity contribution < 1.29 is 9.47 Å². The van der Waals surface area contributed by atoms with Crippen LogP contribution in [0.25, 0.3) is 0 Å². The van der Waals surface area contributed by atoms with E-state index in [1.165, 1.54) is 11.1 Å². The Kier molecular flexibility index (Phi) is 7.41. The van der Waals surface area contributed by atoms with E-state index in [1.54, 1.807) is 6.21 Å². The average molecular weight is 372 g/mol. The maximum atomic E-state index is 5.93. The van der Waals surface area contributed by atoms with Gasteiger partial charge in [-0.15, -0.1) is 0 Å². The zero-order valence-corrected chi connectivity index (χ0v) is 16.2. The van der Waals surface area contributed by atoms with Crippen molar-refractivity contribution in [2.24, 2.45) is 10.8 Å². The van der Waals surface area contributed by atoms with Crippen molar-refractivity contribution >= 4 is 23.5 Å². The second-order valence-electron chi connectivity index (χ2n) is 6.20. The number of thiocarbonyl (C=S) groups is 1. The number of aryl methyl sites for hydroxylation is 1. The molecule has 138 valence electrons. The summed E-state index contributed by atoms with van der Waals surface area (Å²) >= 11 is 4.70. The SMILES string of the molecule is Cc1ccc(C(C)C)c(OCCOc2cccc(C=NNC(N)=S)c2)c1. The van der Waals surface area contributed by atoms with Gasteiger partial charge in [-0.25, -0.2) is 0 Å². The minimum atomic E-state index is 0.128. The lowest BCUT2D eigenvalue weighted by Gasteiger charge is -2.15. The summed E-state index contributed by atoms with van der Waals surface area (Å²) in [7, 11) is 0. The summed E-state index contributed by atoms with van der Waals surface area (Å²) < 4.78 is 11.7. The number of hydrazone groups is 1. The molecule has 5 nitrogen and oxygen atoms in total. The molecule has 0 radical (unpaired) electrons. The Morgan fingerprint density at radius 2 is 1.96 bits per heavy atom. The molecule has 0 saturated carbocycles. The van der Waals surface area contributed by atoms with Crippen LogP contribution in [0.5, 0.6) is 11.5 Å². The molecule has 2 rings (SSSR count). The molecule has 0 atom stereocenters. The van der Waals surface area contributed by atoms with E-state index in [2.05, 4.69) is 49.5 Å². The van der Waals surface area contributed by atoms with Crippen LogP contribution in [0.4, 0.5) is 0 Å². The van der Waals surface area contributed by atoms with Crippen molar-refractivity contribution in [3.63, 3.8) is 0 Å². The van der Waals surface area contributed by atoms with E-state index < -0.39 is 0 Å². The van der Waals surface area contributed by atoms with Crippen LogP contribution in [-0.4, -0.2) is 24.5 Å². The Morgan fingerprint density at radius 1 is 1.19 bits per heavy atom. The maximum Gasteiger partial charge on any atom is 0.184 e. The second kappa shape index (κ2) is 9.77. The van der Waals surface area contributed by atoms with Crippen molar-refractivity contribution in [2.75, 3.05) is 13.2 Å². The summed E-state index contributed by atoms with van der Waals surface area (Å²) in [5.41, 5.74) is 11.1. The number of hydrogen-bond donors (Lipinski definition) is 2. The molecule has 0 aliphatic rings. The van der Waals surface area contributed by atoms with Crippen molar-refractivity contribution in [2.45, 2.75) is 26.7 Å². The van der Waals surface area contributed by atoms with Gasteiger partial charge in [0.05, 0.1) is 6.21 Å². The van der Waals surface area contributed by atoms with Gasteiger partial charge >= 0.3 is 0 Å². The van der Waals surface area contributed by atoms with Crippen LogP contribution >= 0.6 is 12.2 Å². The van der Waals surface area contributed by atoms with E-state index in [1.807, 2.05) is 24.3 Å². The van der Waals surface area contributed by atoms with E-state index in [-0.39, 0.29) is 5.11 Å². The Hall–Kier alpha value is -2.60. The molecule has 0 amide bonds. The van der Waals surface area contributed by atoms with E-state index in [0.29, 0.717) is 19.1 Å². The fraction of sp³-hybridized carbons (Fsp3) is 0.300. The zero-order valence-electron chi connectivity index (χ0n) is 15.4. The van der Waals surface area contributed by atoms with E-state index in [0.717, 1.165) is 17.1 Å². The standard InChI is InChI=1S/C20H25N3O2S/c1-14(2)18-8-7-15(3)11-19(18)25-10-9-24-17-6-4-5-16(12-17)13-22-23-20(21)26/h4-8,11-14H,9-10H2,1-3H3,(H3,21,23,26). The van der Waals surface area contributed by atoms with Gasteiger partial charge in [-0.1, -0.05) is 38.1 Å². The van der Waals surface area contributed by atoms with E-state index in [9.17, 15) is 0 Å². The van der Waals surface area contributed by atoms with Crippen LogP contribution in [0.2, 0.25) is 0 Å². The molecule has 0 heterocycles. The van der Waals surface area contributed by atoms with Crippen molar-refractivity contribution in [3.8, 4) is 11.5 Å². The lowest BCUT2D eigenvalue weighted by Crippen LogP contribution is -2.23. The number of nitrogens with one attached hydrogen (secondary N) is 1. The number of ether oxygens (including phenoxy) is 2. The molecule has 2 aromatic carbocycles. The fourth-order valence-corrected chi connectivity index (χ4v) is 2.46. The van der Waals surface area contributed by atoms with E-state index >= 15 is 0 Å². The zero-order chi connectivity index (χ0) is 18.9. The molecular formula is C20H25N3O2S. The minimum absolute atomic E-state index is 0.128. The summed E-state index contributed by atoms with van der Waals surface area (Å²) in [5, 5.41) is 4.06. The van der Waals surface area contributed by atoms with Gasteiger partial charge in [0.25, 0.3) is 0 Å². The molecule has 3 N–H and O–H groups in total. The molecule has 0 unspecified atom stereocenters. The highest BCUT2D eigenvalue weighted by Gasteiger charge is 2.08. The highest BCUT2D eigenvalue weighted by molar-refractivity contribution is 7.80. The third-order valence-electron chi connectivity index (χ3n) is 3.65. The topological polar surface area (TPSA) is 68.9 Å². The lowest BCUT2D eigenvalue weighted by atomic mass is 10.0. The summed E-state index contributed by atoms with van der Waals surface area (Å²) in [4.78, 5) is 0. The largest absolute Gasteiger partial charge is 0.490 e. The van der Waals surface area contributed by atoms with Crippen LogP contribution in [0.1, 0.15) is 36.5 Å². The molecule has 0 aromatic heterocycles. The van der Waals surface area contributed by atoms with Crippen molar-refractivity contribution in [1.82, 2.24) is 5.43 Å². The Morgan fingerprint density at radius 3 is 2.69 bits per heavy atom. The quantitative estimate of drug-likeness (QED) is 0.320. The van der Waals surface area contributed by atoms with Gasteiger partial charge in [-0.05, 0) is 59.9 Å². The molecule has 2 aromatic rings. The predicted molar refractivity (Wildman–Crippen MR) is 110 cm³/mol. The third kappa shape index (κ3) is 6.37. The van der Waals surface area contributed by atoms with Crippen LogP contribution in [-0.2, 0) is 0 Å². The first kappa shape index (κ1) is 19.7. The molecule has 0 aliphatic carbocycles. The van der Waals surface area contributed by atoms with Gasteiger partial charge in [0.2, 0.25) is 0 Å². The summed E-state index contributed by atoms with van der Waals surface area (Å²) in [6.07, 6.45) is 1.63.